The molecule has 1 aromatic rings. The molecule has 0 bridgehead atoms. The molecule has 4 heteroatoms. The summed E-state index contributed by atoms with van der Waals surface area (Å²) in [6.45, 7) is 5.82. The third-order valence-corrected chi connectivity index (χ3v) is 7.22. The first kappa shape index (κ1) is 25.4. The molecule has 1 aromatic carbocycles. The smallest absolute Gasteiger partial charge is 0.309 e. The van der Waals surface area contributed by atoms with Crippen molar-refractivity contribution in [3.8, 4) is 0 Å². The van der Waals surface area contributed by atoms with Crippen LogP contribution in [0.2, 0.25) is 0 Å². The van der Waals surface area contributed by atoms with Gasteiger partial charge in [0.25, 0.3) is 0 Å². The third kappa shape index (κ3) is 7.97. The molecule has 4 nitrogen and oxygen atoms in total. The summed E-state index contributed by atoms with van der Waals surface area (Å²) in [4.78, 5) is 22.4. The topological polar surface area (TPSA) is 74.6 Å². The van der Waals surface area contributed by atoms with Crippen LogP contribution in [-0.4, -0.2) is 22.2 Å². The Morgan fingerprint density at radius 1 is 0.903 bits per heavy atom. The molecule has 0 atom stereocenters. The molecule has 0 aromatic heterocycles. The highest BCUT2D eigenvalue weighted by atomic mass is 16.4. The molecule has 0 spiro atoms. The summed E-state index contributed by atoms with van der Waals surface area (Å²) in [5.74, 6) is -1.30. The second-order valence-corrected chi connectivity index (χ2v) is 10.3. The fourth-order valence-electron chi connectivity index (χ4n) is 4.54. The molecule has 0 saturated heterocycles. The largest absolute Gasteiger partial charge is 0.481 e. The van der Waals surface area contributed by atoms with Gasteiger partial charge in [0, 0.05) is 0 Å². The normalized spacial score (nSPS) is 15.1. The standard InChI is InChI=1S/C27H42O4/c1-21-13-12-15-22(14-8-4-6-10-17-26(2,3)24(28)29)23(21)16-9-5-7-11-18-27(19-20-27)25(30)31/h12-13,15H,4-11,14,16-20H2,1-3H3,(H,28,29)(H,30,31). The number of hydrogen-bond acceptors (Lipinski definition) is 2. The fourth-order valence-corrected chi connectivity index (χ4v) is 4.54. The van der Waals surface area contributed by atoms with Gasteiger partial charge in [0.05, 0.1) is 10.8 Å². The van der Waals surface area contributed by atoms with Crippen LogP contribution < -0.4 is 0 Å². The summed E-state index contributed by atoms with van der Waals surface area (Å²) < 4.78 is 0. The van der Waals surface area contributed by atoms with Crippen molar-refractivity contribution in [3.05, 3.63) is 34.9 Å². The van der Waals surface area contributed by atoms with Crippen LogP contribution in [-0.2, 0) is 22.4 Å². The lowest BCUT2D eigenvalue weighted by atomic mass is 9.87. The monoisotopic (exact) mass is 430 g/mol. The number of carboxylic acids is 2. The number of carboxylic acid groups (broad SMARTS) is 2. The SMILES string of the molecule is Cc1cccc(CCCCCCC(C)(C)C(=O)O)c1CCCCCCC1(C(=O)O)CC1. The van der Waals surface area contributed by atoms with E-state index < -0.39 is 17.4 Å². The van der Waals surface area contributed by atoms with E-state index in [2.05, 4.69) is 25.1 Å². The van der Waals surface area contributed by atoms with Gasteiger partial charge >= 0.3 is 11.9 Å². The summed E-state index contributed by atoms with van der Waals surface area (Å²) in [5.41, 5.74) is 3.36. The number of aliphatic carboxylic acids is 2. The third-order valence-electron chi connectivity index (χ3n) is 7.22. The minimum absolute atomic E-state index is 0.368. The highest BCUT2D eigenvalue weighted by Gasteiger charge is 2.49. The Bertz CT molecular complexity index is 731. The molecule has 0 unspecified atom stereocenters. The number of unbranched alkanes of at least 4 members (excludes halogenated alkanes) is 6. The van der Waals surface area contributed by atoms with Gasteiger partial charge in [0.15, 0.2) is 0 Å². The van der Waals surface area contributed by atoms with Crippen LogP contribution in [0.1, 0.15) is 108 Å². The molecule has 1 fully saturated rings. The lowest BCUT2D eigenvalue weighted by Crippen LogP contribution is -2.23. The summed E-state index contributed by atoms with van der Waals surface area (Å²) >= 11 is 0. The molecule has 31 heavy (non-hydrogen) atoms. The Morgan fingerprint density at radius 2 is 1.52 bits per heavy atom. The molecule has 0 aliphatic heterocycles. The van der Waals surface area contributed by atoms with Gasteiger partial charge in [-0.15, -0.1) is 0 Å². The van der Waals surface area contributed by atoms with Crippen LogP contribution in [0.4, 0.5) is 0 Å². The van der Waals surface area contributed by atoms with Gasteiger partial charge in [0.1, 0.15) is 0 Å². The first-order chi connectivity index (χ1) is 14.7. The Morgan fingerprint density at radius 3 is 2.13 bits per heavy atom. The molecular weight excluding hydrogens is 388 g/mol. The Hall–Kier alpha value is -1.84. The quantitative estimate of drug-likeness (QED) is 0.278. The van der Waals surface area contributed by atoms with E-state index in [1.165, 1.54) is 29.5 Å². The van der Waals surface area contributed by atoms with E-state index in [-0.39, 0.29) is 5.41 Å². The second kappa shape index (κ2) is 11.7. The maximum absolute atomic E-state index is 11.3. The van der Waals surface area contributed by atoms with Crippen molar-refractivity contribution in [3.63, 3.8) is 0 Å². The zero-order chi connectivity index (χ0) is 22.9. The van der Waals surface area contributed by atoms with E-state index in [0.29, 0.717) is 0 Å². The number of aryl methyl sites for hydroxylation is 2. The van der Waals surface area contributed by atoms with E-state index in [1.54, 1.807) is 0 Å². The van der Waals surface area contributed by atoms with Gasteiger partial charge in [-0.1, -0.05) is 56.7 Å². The highest BCUT2D eigenvalue weighted by Crippen LogP contribution is 2.50. The van der Waals surface area contributed by atoms with Gasteiger partial charge in [-0.05, 0) is 88.8 Å². The molecule has 2 N–H and O–H groups in total. The van der Waals surface area contributed by atoms with Crippen LogP contribution in [0.15, 0.2) is 18.2 Å². The zero-order valence-corrected chi connectivity index (χ0v) is 19.8. The van der Waals surface area contributed by atoms with Gasteiger partial charge in [0.2, 0.25) is 0 Å². The van der Waals surface area contributed by atoms with Gasteiger partial charge in [-0.3, -0.25) is 9.59 Å². The average Bonchev–Trinajstić information content (AvgIpc) is 3.50. The minimum atomic E-state index is -0.703. The Labute approximate surface area is 188 Å². The van der Waals surface area contributed by atoms with Crippen LogP contribution in [0.3, 0.4) is 0 Å². The van der Waals surface area contributed by atoms with E-state index in [1.807, 2.05) is 13.8 Å². The Balaban J connectivity index is 1.66. The highest BCUT2D eigenvalue weighted by molar-refractivity contribution is 5.77. The maximum atomic E-state index is 11.3. The van der Waals surface area contributed by atoms with Gasteiger partial charge in [-0.25, -0.2) is 0 Å². The molecule has 0 amide bonds. The minimum Gasteiger partial charge on any atom is -0.481 e. The first-order valence-corrected chi connectivity index (χ1v) is 12.2. The molecule has 174 valence electrons. The molecule has 2 rings (SSSR count). The van der Waals surface area contributed by atoms with Crippen molar-refractivity contribution < 1.29 is 19.8 Å². The zero-order valence-electron chi connectivity index (χ0n) is 19.8. The lowest BCUT2D eigenvalue weighted by Gasteiger charge is -2.18. The van der Waals surface area contributed by atoms with E-state index >= 15 is 0 Å². The molecule has 0 heterocycles. The average molecular weight is 431 g/mol. The van der Waals surface area contributed by atoms with Crippen molar-refractivity contribution in [2.45, 2.75) is 111 Å². The van der Waals surface area contributed by atoms with Crippen LogP contribution in [0.5, 0.6) is 0 Å². The van der Waals surface area contributed by atoms with E-state index in [0.717, 1.165) is 77.0 Å². The first-order valence-electron chi connectivity index (χ1n) is 12.2. The van der Waals surface area contributed by atoms with Gasteiger partial charge in [-0.2, -0.15) is 0 Å². The summed E-state index contributed by atoms with van der Waals surface area (Å²) in [7, 11) is 0. The second-order valence-electron chi connectivity index (χ2n) is 10.3. The van der Waals surface area contributed by atoms with E-state index in [4.69, 9.17) is 0 Å². The number of benzene rings is 1. The van der Waals surface area contributed by atoms with Crippen LogP contribution in [0.25, 0.3) is 0 Å². The summed E-state index contributed by atoms with van der Waals surface area (Å²) in [6.07, 6.45) is 14.4. The number of carbonyl (C=O) groups is 2. The molecule has 1 aliphatic rings. The fraction of sp³-hybridized carbons (Fsp3) is 0.704. The van der Waals surface area contributed by atoms with Gasteiger partial charge < -0.3 is 10.2 Å². The molecular formula is C27H42O4. The predicted octanol–water partition coefficient (Wildman–Crippen LogP) is 6.96. The molecule has 1 saturated carbocycles. The number of hydrogen-bond donors (Lipinski definition) is 2. The van der Waals surface area contributed by atoms with Crippen molar-refractivity contribution >= 4 is 11.9 Å². The maximum Gasteiger partial charge on any atom is 0.309 e. The van der Waals surface area contributed by atoms with Crippen molar-refractivity contribution in [2.75, 3.05) is 0 Å². The van der Waals surface area contributed by atoms with Crippen LogP contribution in [0, 0.1) is 17.8 Å². The molecule has 1 aliphatic carbocycles. The summed E-state index contributed by atoms with van der Waals surface area (Å²) in [6, 6.07) is 6.63. The number of rotatable bonds is 16. The van der Waals surface area contributed by atoms with Crippen molar-refractivity contribution in [1.82, 2.24) is 0 Å². The van der Waals surface area contributed by atoms with Crippen molar-refractivity contribution in [1.29, 1.82) is 0 Å². The predicted molar refractivity (Wildman–Crippen MR) is 125 cm³/mol. The van der Waals surface area contributed by atoms with Crippen molar-refractivity contribution in [2.24, 2.45) is 10.8 Å². The lowest BCUT2D eigenvalue weighted by molar-refractivity contribution is -0.147. The summed E-state index contributed by atoms with van der Waals surface area (Å²) in [5, 5.41) is 18.5. The Kier molecular flexibility index (Phi) is 9.58. The van der Waals surface area contributed by atoms with Crippen LogP contribution >= 0.6 is 0 Å². The molecule has 0 radical (unpaired) electrons. The van der Waals surface area contributed by atoms with E-state index in [9.17, 15) is 19.8 Å².